The number of nitrogens with two attached hydrogens (primary N) is 2. The van der Waals surface area contributed by atoms with E-state index >= 15 is 0 Å². The van der Waals surface area contributed by atoms with E-state index in [1.165, 1.54) is 6.07 Å². The number of anilines is 2. The van der Waals surface area contributed by atoms with Crippen LogP contribution in [-0.2, 0) is 9.84 Å². The van der Waals surface area contributed by atoms with E-state index in [2.05, 4.69) is 9.97 Å². The SMILES string of the molecule is Nc1ncc(S(=O)(=O)c2ccc3ccccc3c2)c(N)n1. The Hall–Kier alpha value is -2.67. The number of nitrogen functional groups attached to an aromatic ring is 2. The highest BCUT2D eigenvalue weighted by Crippen LogP contribution is 2.27. The van der Waals surface area contributed by atoms with E-state index in [0.717, 1.165) is 17.0 Å². The van der Waals surface area contributed by atoms with Gasteiger partial charge in [0.15, 0.2) is 0 Å². The van der Waals surface area contributed by atoms with Crippen LogP contribution < -0.4 is 11.5 Å². The molecule has 0 radical (unpaired) electrons. The zero-order valence-corrected chi connectivity index (χ0v) is 11.7. The predicted octanol–water partition coefficient (Wildman–Crippen LogP) is 1.63. The second kappa shape index (κ2) is 4.71. The van der Waals surface area contributed by atoms with Crippen LogP contribution in [0.2, 0.25) is 0 Å². The van der Waals surface area contributed by atoms with Gasteiger partial charge >= 0.3 is 0 Å². The first-order chi connectivity index (χ1) is 9.98. The number of fused-ring (bicyclic) bond motifs is 1. The first-order valence-corrected chi connectivity index (χ1v) is 7.59. The van der Waals surface area contributed by atoms with Gasteiger partial charge in [0, 0.05) is 0 Å². The van der Waals surface area contributed by atoms with Crippen LogP contribution >= 0.6 is 0 Å². The third kappa shape index (κ3) is 2.27. The third-order valence-corrected chi connectivity index (χ3v) is 4.89. The lowest BCUT2D eigenvalue weighted by Gasteiger charge is -2.08. The summed E-state index contributed by atoms with van der Waals surface area (Å²) in [5.41, 5.74) is 11.0. The summed E-state index contributed by atoms with van der Waals surface area (Å²) in [6.07, 6.45) is 1.13. The fraction of sp³-hybridized carbons (Fsp3) is 0. The molecule has 4 N–H and O–H groups in total. The van der Waals surface area contributed by atoms with Gasteiger partial charge in [-0.05, 0) is 22.9 Å². The van der Waals surface area contributed by atoms with Crippen molar-refractivity contribution >= 4 is 32.4 Å². The highest BCUT2D eigenvalue weighted by atomic mass is 32.2. The molecule has 0 saturated carbocycles. The van der Waals surface area contributed by atoms with E-state index in [1.54, 1.807) is 12.1 Å². The molecule has 0 saturated heterocycles. The molecule has 0 aliphatic carbocycles. The fourth-order valence-corrected chi connectivity index (χ4v) is 3.36. The minimum absolute atomic E-state index is 0.0649. The number of benzene rings is 2. The van der Waals surface area contributed by atoms with E-state index in [-0.39, 0.29) is 21.6 Å². The number of sulfone groups is 1. The molecule has 3 aromatic rings. The van der Waals surface area contributed by atoms with Crippen LogP contribution in [0.25, 0.3) is 10.8 Å². The van der Waals surface area contributed by atoms with Crippen molar-refractivity contribution in [1.29, 1.82) is 0 Å². The van der Waals surface area contributed by atoms with E-state index in [0.29, 0.717) is 0 Å². The molecule has 2 aromatic carbocycles. The first-order valence-electron chi connectivity index (χ1n) is 6.10. The van der Waals surface area contributed by atoms with Gasteiger partial charge in [-0.3, -0.25) is 0 Å². The maximum Gasteiger partial charge on any atom is 0.221 e. The van der Waals surface area contributed by atoms with Crippen LogP contribution in [0.15, 0.2) is 58.5 Å². The smallest absolute Gasteiger partial charge is 0.221 e. The van der Waals surface area contributed by atoms with Gasteiger partial charge in [-0.1, -0.05) is 30.3 Å². The average Bonchev–Trinajstić information content (AvgIpc) is 2.46. The standard InChI is InChI=1S/C14H12N4O2S/c15-13-12(8-17-14(16)18-13)21(19,20)11-6-5-9-3-1-2-4-10(9)7-11/h1-8H,(H4,15,16,17,18). The Morgan fingerprint density at radius 3 is 2.38 bits per heavy atom. The maximum absolute atomic E-state index is 12.6. The molecule has 3 rings (SSSR count). The quantitative estimate of drug-likeness (QED) is 0.744. The van der Waals surface area contributed by atoms with Gasteiger partial charge in [-0.25, -0.2) is 13.4 Å². The number of rotatable bonds is 2. The molecular formula is C14H12N4O2S. The zero-order chi connectivity index (χ0) is 15.0. The highest BCUT2D eigenvalue weighted by Gasteiger charge is 2.22. The summed E-state index contributed by atoms with van der Waals surface area (Å²) < 4.78 is 25.2. The molecule has 7 heteroatoms. The lowest BCUT2D eigenvalue weighted by Crippen LogP contribution is -2.09. The molecule has 0 bridgehead atoms. The van der Waals surface area contributed by atoms with Gasteiger partial charge in [-0.15, -0.1) is 0 Å². The molecule has 0 fully saturated rings. The third-order valence-electron chi connectivity index (χ3n) is 3.12. The van der Waals surface area contributed by atoms with Gasteiger partial charge < -0.3 is 11.5 Å². The van der Waals surface area contributed by atoms with Gasteiger partial charge in [0.05, 0.1) is 11.1 Å². The molecule has 0 amide bonds. The van der Waals surface area contributed by atoms with Gasteiger partial charge in [0.2, 0.25) is 15.8 Å². The topological polar surface area (TPSA) is 112 Å². The minimum Gasteiger partial charge on any atom is -0.382 e. The molecular weight excluding hydrogens is 288 g/mol. The Morgan fingerprint density at radius 2 is 1.67 bits per heavy atom. The molecule has 0 aliphatic rings. The summed E-state index contributed by atoms with van der Waals surface area (Å²) in [7, 11) is -3.78. The highest BCUT2D eigenvalue weighted by molar-refractivity contribution is 7.91. The lowest BCUT2D eigenvalue weighted by atomic mass is 10.1. The van der Waals surface area contributed by atoms with Crippen LogP contribution in [0.5, 0.6) is 0 Å². The summed E-state index contributed by atoms with van der Waals surface area (Å²) in [4.78, 5) is 7.39. The molecule has 1 heterocycles. The first kappa shape index (κ1) is 13.3. The van der Waals surface area contributed by atoms with Gasteiger partial charge in [0.1, 0.15) is 10.7 Å². The van der Waals surface area contributed by atoms with Crippen molar-refractivity contribution in [2.75, 3.05) is 11.5 Å². The van der Waals surface area contributed by atoms with Crippen molar-refractivity contribution in [1.82, 2.24) is 9.97 Å². The molecule has 1 aromatic heterocycles. The van der Waals surface area contributed by atoms with Crippen LogP contribution in [0, 0.1) is 0 Å². The molecule has 0 atom stereocenters. The van der Waals surface area contributed by atoms with Crippen molar-refractivity contribution in [2.24, 2.45) is 0 Å². The van der Waals surface area contributed by atoms with Gasteiger partial charge in [-0.2, -0.15) is 4.98 Å². The van der Waals surface area contributed by atoms with E-state index < -0.39 is 9.84 Å². The summed E-state index contributed by atoms with van der Waals surface area (Å²) in [6.45, 7) is 0. The van der Waals surface area contributed by atoms with Gasteiger partial charge in [0.25, 0.3) is 0 Å². The number of nitrogens with zero attached hydrogens (tertiary/aromatic N) is 2. The van der Waals surface area contributed by atoms with E-state index in [4.69, 9.17) is 11.5 Å². The predicted molar refractivity (Wildman–Crippen MR) is 80.3 cm³/mol. The zero-order valence-electron chi connectivity index (χ0n) is 10.9. The minimum atomic E-state index is -3.78. The summed E-state index contributed by atoms with van der Waals surface area (Å²) in [5.74, 6) is -0.222. The Balaban J connectivity index is 2.20. The number of hydrogen-bond acceptors (Lipinski definition) is 6. The summed E-state index contributed by atoms with van der Waals surface area (Å²) in [5, 5.41) is 1.78. The molecule has 106 valence electrons. The van der Waals surface area contributed by atoms with Crippen molar-refractivity contribution in [3.05, 3.63) is 48.7 Å². The fourth-order valence-electron chi connectivity index (χ4n) is 2.07. The maximum atomic E-state index is 12.6. The van der Waals surface area contributed by atoms with Crippen molar-refractivity contribution < 1.29 is 8.42 Å². The number of aromatic nitrogens is 2. The van der Waals surface area contributed by atoms with Crippen molar-refractivity contribution in [2.45, 2.75) is 9.79 Å². The summed E-state index contributed by atoms with van der Waals surface area (Å²) in [6, 6.07) is 12.4. The monoisotopic (exact) mass is 300 g/mol. The Kier molecular flexibility index (Phi) is 2.99. The average molecular weight is 300 g/mol. The normalized spacial score (nSPS) is 11.6. The van der Waals surface area contributed by atoms with Crippen LogP contribution in [0.1, 0.15) is 0 Å². The van der Waals surface area contributed by atoms with Crippen LogP contribution in [0.4, 0.5) is 11.8 Å². The molecule has 6 nitrogen and oxygen atoms in total. The Morgan fingerprint density at radius 1 is 0.952 bits per heavy atom. The summed E-state index contributed by atoms with van der Waals surface area (Å²) >= 11 is 0. The molecule has 21 heavy (non-hydrogen) atoms. The molecule has 0 spiro atoms. The van der Waals surface area contributed by atoms with Crippen LogP contribution in [0.3, 0.4) is 0 Å². The molecule has 0 unspecified atom stereocenters. The van der Waals surface area contributed by atoms with Crippen molar-refractivity contribution in [3.8, 4) is 0 Å². The Labute approximate surface area is 121 Å². The molecule has 0 aliphatic heterocycles. The largest absolute Gasteiger partial charge is 0.382 e. The van der Waals surface area contributed by atoms with E-state index in [1.807, 2.05) is 24.3 Å². The van der Waals surface area contributed by atoms with Crippen LogP contribution in [-0.4, -0.2) is 18.4 Å². The van der Waals surface area contributed by atoms with E-state index in [9.17, 15) is 8.42 Å². The lowest BCUT2D eigenvalue weighted by molar-refractivity contribution is 0.596. The Bertz CT molecular complexity index is 939. The number of hydrogen-bond donors (Lipinski definition) is 2. The second-order valence-corrected chi connectivity index (χ2v) is 6.41. The second-order valence-electron chi connectivity index (χ2n) is 4.49. The van der Waals surface area contributed by atoms with Crippen molar-refractivity contribution in [3.63, 3.8) is 0 Å².